The summed E-state index contributed by atoms with van der Waals surface area (Å²) in [4.78, 5) is 10.0. The summed E-state index contributed by atoms with van der Waals surface area (Å²) in [6.45, 7) is 0. The smallest absolute Gasteiger partial charge is 0.438 e. The van der Waals surface area contributed by atoms with E-state index in [9.17, 15) is 35.5 Å². The van der Waals surface area contributed by atoms with E-state index >= 15 is 0 Å². The third-order valence-corrected chi connectivity index (χ3v) is 1.12. The lowest BCUT2D eigenvalue weighted by Gasteiger charge is -2.28. The van der Waals surface area contributed by atoms with Crippen LogP contribution in [-0.4, -0.2) is 31.5 Å². The molecule has 0 rings (SSSR count). The fraction of sp³-hybridized carbons (Fsp3) is 0.800. The molecule has 0 radical (unpaired) electrons. The van der Waals surface area contributed by atoms with Gasteiger partial charge in [-0.25, -0.2) is 4.79 Å². The second-order valence-corrected chi connectivity index (χ2v) is 2.15. The number of hydrogen-bond acceptors (Lipinski definition) is 3. The fourth-order valence-corrected chi connectivity index (χ4v) is 0.433. The van der Waals surface area contributed by atoms with E-state index in [-0.39, 0.29) is 0 Å². The number of rotatable bonds is 1. The van der Waals surface area contributed by atoms with E-state index in [1.54, 1.807) is 0 Å². The predicted molar refractivity (Wildman–Crippen MR) is 29.4 cm³/mol. The average molecular weight is 244 g/mol. The summed E-state index contributed by atoms with van der Waals surface area (Å²) in [5.41, 5.74) is 0. The van der Waals surface area contributed by atoms with E-state index in [1.165, 1.54) is 0 Å². The molecule has 0 aliphatic carbocycles. The minimum Gasteiger partial charge on any atom is -0.438 e. The number of methoxy groups -OCH3 is 1. The van der Waals surface area contributed by atoms with E-state index in [0.717, 1.165) is 0 Å². The maximum absolute atomic E-state index is 12.5. The van der Waals surface area contributed by atoms with Gasteiger partial charge in [0.05, 0.1) is 7.11 Å². The van der Waals surface area contributed by atoms with Crippen LogP contribution in [0.2, 0.25) is 0 Å². The Bertz CT molecular complexity index is 228. The first-order chi connectivity index (χ1) is 6.45. The van der Waals surface area contributed by atoms with Crippen LogP contribution in [0.1, 0.15) is 0 Å². The molecule has 90 valence electrons. The second-order valence-electron chi connectivity index (χ2n) is 2.15. The van der Waals surface area contributed by atoms with Crippen molar-refractivity contribution in [2.45, 2.75) is 18.2 Å². The first-order valence-electron chi connectivity index (χ1n) is 3.05. The van der Waals surface area contributed by atoms with Crippen LogP contribution in [-0.2, 0) is 9.47 Å². The molecule has 15 heavy (non-hydrogen) atoms. The molecule has 0 aromatic rings. The lowest BCUT2D eigenvalue weighted by atomic mass is 10.3. The molecule has 0 aliphatic rings. The highest BCUT2D eigenvalue weighted by Crippen LogP contribution is 2.47. The van der Waals surface area contributed by atoms with Gasteiger partial charge in [-0.3, -0.25) is 0 Å². The standard InChI is InChI=1S/C5H3F7O3/c1-14-2(13)15-3(6,4(7,8)9)5(10,11)12/h1H3. The van der Waals surface area contributed by atoms with Gasteiger partial charge in [-0.05, 0) is 0 Å². The zero-order chi connectivity index (χ0) is 12.5. The summed E-state index contributed by atoms with van der Waals surface area (Å²) in [7, 11) is 0.426. The van der Waals surface area contributed by atoms with E-state index in [0.29, 0.717) is 7.11 Å². The minimum absolute atomic E-state index is 0.426. The number of hydrogen-bond donors (Lipinski definition) is 0. The van der Waals surface area contributed by atoms with Crippen LogP contribution < -0.4 is 0 Å². The Morgan fingerprint density at radius 1 is 0.933 bits per heavy atom. The van der Waals surface area contributed by atoms with Crippen molar-refractivity contribution in [3.05, 3.63) is 0 Å². The quantitative estimate of drug-likeness (QED) is 0.525. The zero-order valence-corrected chi connectivity index (χ0v) is 6.87. The molecule has 10 heteroatoms. The Morgan fingerprint density at radius 3 is 1.47 bits per heavy atom. The Hall–Kier alpha value is -1.22. The molecule has 0 aromatic heterocycles. The molecule has 0 bridgehead atoms. The topological polar surface area (TPSA) is 35.5 Å². The van der Waals surface area contributed by atoms with Crippen molar-refractivity contribution >= 4 is 6.16 Å². The van der Waals surface area contributed by atoms with Gasteiger partial charge in [0.1, 0.15) is 0 Å². The molecule has 0 aromatic carbocycles. The van der Waals surface area contributed by atoms with Gasteiger partial charge in [0.2, 0.25) is 0 Å². The molecule has 3 nitrogen and oxygen atoms in total. The summed E-state index contributed by atoms with van der Waals surface area (Å²) in [5.74, 6) is -6.08. The highest BCUT2D eigenvalue weighted by Gasteiger charge is 2.77. The fourth-order valence-electron chi connectivity index (χ4n) is 0.433. The van der Waals surface area contributed by atoms with Gasteiger partial charge in [0.25, 0.3) is 0 Å². The Kier molecular flexibility index (Phi) is 3.43. The molecule has 0 N–H and O–H groups in total. The molecule has 0 unspecified atom stereocenters. The van der Waals surface area contributed by atoms with Crippen molar-refractivity contribution in [1.29, 1.82) is 0 Å². The summed E-state index contributed by atoms with van der Waals surface area (Å²) < 4.78 is 88.4. The van der Waals surface area contributed by atoms with Crippen LogP contribution in [0.3, 0.4) is 0 Å². The lowest BCUT2D eigenvalue weighted by Crippen LogP contribution is -2.56. The second kappa shape index (κ2) is 3.74. The third kappa shape index (κ3) is 2.63. The van der Waals surface area contributed by atoms with Crippen molar-refractivity contribution in [1.82, 2.24) is 0 Å². The molecule has 0 atom stereocenters. The Balaban J connectivity index is 5.15. The zero-order valence-electron chi connectivity index (χ0n) is 6.87. The van der Waals surface area contributed by atoms with Crippen LogP contribution >= 0.6 is 0 Å². The summed E-state index contributed by atoms with van der Waals surface area (Å²) in [6, 6.07) is 0. The largest absolute Gasteiger partial charge is 0.511 e. The summed E-state index contributed by atoms with van der Waals surface area (Å²) in [5, 5.41) is 0. The maximum Gasteiger partial charge on any atom is 0.511 e. The molecule has 0 fully saturated rings. The van der Waals surface area contributed by atoms with Gasteiger partial charge in [-0.15, -0.1) is 0 Å². The molecular formula is C5H3F7O3. The molecule has 0 spiro atoms. The Morgan fingerprint density at radius 2 is 1.27 bits per heavy atom. The molecule has 0 saturated carbocycles. The molecule has 0 amide bonds. The monoisotopic (exact) mass is 244 g/mol. The average Bonchev–Trinajstić information content (AvgIpc) is 1.99. The number of carbonyl (C=O) groups excluding carboxylic acids is 1. The minimum atomic E-state index is -6.44. The highest BCUT2D eigenvalue weighted by molar-refractivity contribution is 5.60. The molecule has 0 heterocycles. The predicted octanol–water partition coefficient (Wildman–Crippen LogP) is 2.56. The SMILES string of the molecule is COC(=O)OC(F)(C(F)(F)F)C(F)(F)F. The van der Waals surface area contributed by atoms with Gasteiger partial charge in [-0.2, -0.15) is 30.7 Å². The Labute approximate surface area is 77.7 Å². The van der Waals surface area contributed by atoms with E-state index in [4.69, 9.17) is 0 Å². The molecular weight excluding hydrogens is 241 g/mol. The van der Waals surface area contributed by atoms with E-state index in [1.807, 2.05) is 0 Å². The van der Waals surface area contributed by atoms with Gasteiger partial charge < -0.3 is 9.47 Å². The lowest BCUT2D eigenvalue weighted by molar-refractivity contribution is -0.416. The highest BCUT2D eigenvalue weighted by atomic mass is 19.4. The molecule has 0 aliphatic heterocycles. The van der Waals surface area contributed by atoms with E-state index in [2.05, 4.69) is 9.47 Å². The van der Waals surface area contributed by atoms with Gasteiger partial charge in [0.15, 0.2) is 0 Å². The van der Waals surface area contributed by atoms with E-state index < -0.39 is 24.4 Å². The summed E-state index contributed by atoms with van der Waals surface area (Å²) in [6.07, 6.45) is -15.3. The van der Waals surface area contributed by atoms with Crippen LogP contribution in [0.15, 0.2) is 0 Å². The number of carbonyl (C=O) groups is 1. The van der Waals surface area contributed by atoms with Crippen LogP contribution in [0.5, 0.6) is 0 Å². The normalized spacial score (nSPS) is 13.6. The van der Waals surface area contributed by atoms with Gasteiger partial charge in [0, 0.05) is 0 Å². The number of ether oxygens (including phenoxy) is 2. The van der Waals surface area contributed by atoms with Crippen molar-refractivity contribution in [3.8, 4) is 0 Å². The first kappa shape index (κ1) is 13.8. The van der Waals surface area contributed by atoms with Gasteiger partial charge >= 0.3 is 24.4 Å². The van der Waals surface area contributed by atoms with Gasteiger partial charge in [-0.1, -0.05) is 0 Å². The third-order valence-electron chi connectivity index (χ3n) is 1.12. The molecule has 0 saturated heterocycles. The van der Waals surface area contributed by atoms with Crippen LogP contribution in [0.4, 0.5) is 35.5 Å². The number of halogens is 7. The van der Waals surface area contributed by atoms with Crippen molar-refractivity contribution < 1.29 is 45.0 Å². The van der Waals surface area contributed by atoms with Crippen molar-refractivity contribution in [2.24, 2.45) is 0 Å². The first-order valence-corrected chi connectivity index (χ1v) is 3.05. The van der Waals surface area contributed by atoms with Crippen molar-refractivity contribution in [3.63, 3.8) is 0 Å². The van der Waals surface area contributed by atoms with Crippen molar-refractivity contribution in [2.75, 3.05) is 7.11 Å². The van der Waals surface area contributed by atoms with Crippen LogP contribution in [0, 0.1) is 0 Å². The van der Waals surface area contributed by atoms with Crippen LogP contribution in [0.25, 0.3) is 0 Å². The summed E-state index contributed by atoms with van der Waals surface area (Å²) >= 11 is 0. The maximum atomic E-state index is 12.5. The number of alkyl halides is 7.